The maximum atomic E-state index is 13.3. The van der Waals surface area contributed by atoms with E-state index in [4.69, 9.17) is 5.11 Å². The van der Waals surface area contributed by atoms with Crippen LogP contribution in [0.4, 0.5) is 4.39 Å². The number of aliphatic carboxylic acids is 1. The number of hydrogen-bond donors (Lipinski definition) is 2. The molecule has 1 aromatic heterocycles. The number of benzene rings is 1. The van der Waals surface area contributed by atoms with Crippen molar-refractivity contribution >= 4 is 17.0 Å². The van der Waals surface area contributed by atoms with Gasteiger partial charge < -0.3 is 9.67 Å². The summed E-state index contributed by atoms with van der Waals surface area (Å²) in [6, 6.07) is 3.92. The van der Waals surface area contributed by atoms with E-state index in [1.807, 2.05) is 18.4 Å². The Hall–Kier alpha value is -1.95. The van der Waals surface area contributed by atoms with Crippen LogP contribution in [0.2, 0.25) is 0 Å². The van der Waals surface area contributed by atoms with E-state index in [2.05, 4.69) is 10.3 Å². The highest BCUT2D eigenvalue weighted by atomic mass is 19.1. The average Bonchev–Trinajstić information content (AvgIpc) is 2.79. The number of aryl methyl sites for hydroxylation is 1. The van der Waals surface area contributed by atoms with E-state index >= 15 is 0 Å². The second-order valence-electron chi connectivity index (χ2n) is 4.97. The highest BCUT2D eigenvalue weighted by molar-refractivity contribution is 5.76. The fourth-order valence-electron chi connectivity index (χ4n) is 2.46. The molecule has 2 N–H and O–H groups in total. The van der Waals surface area contributed by atoms with Gasteiger partial charge >= 0.3 is 5.97 Å². The molecule has 0 fully saturated rings. The number of carbonyl (C=O) groups is 1. The van der Waals surface area contributed by atoms with E-state index in [1.54, 1.807) is 6.07 Å². The lowest BCUT2D eigenvalue weighted by molar-refractivity contribution is -0.139. The van der Waals surface area contributed by atoms with Gasteiger partial charge in [0.25, 0.3) is 0 Å². The Morgan fingerprint density at radius 1 is 1.48 bits per heavy atom. The lowest BCUT2D eigenvalue weighted by Gasteiger charge is -2.13. The van der Waals surface area contributed by atoms with Gasteiger partial charge in [-0.3, -0.25) is 10.1 Å². The summed E-state index contributed by atoms with van der Waals surface area (Å²) in [7, 11) is 0. The number of carboxylic acid groups (broad SMARTS) is 1. The van der Waals surface area contributed by atoms with Gasteiger partial charge in [0.15, 0.2) is 0 Å². The topological polar surface area (TPSA) is 67.2 Å². The lowest BCUT2D eigenvalue weighted by atomic mass is 10.2. The van der Waals surface area contributed by atoms with Crippen LogP contribution in [0.1, 0.15) is 32.5 Å². The molecular weight excluding hydrogens is 273 g/mol. The minimum atomic E-state index is -0.859. The molecule has 21 heavy (non-hydrogen) atoms. The second kappa shape index (κ2) is 6.67. The Labute approximate surface area is 122 Å². The average molecular weight is 293 g/mol. The number of aromatic nitrogens is 2. The highest BCUT2D eigenvalue weighted by Gasteiger charge is 2.17. The number of rotatable bonds is 7. The fourth-order valence-corrected chi connectivity index (χ4v) is 2.46. The van der Waals surface area contributed by atoms with Gasteiger partial charge in [-0.2, -0.15) is 0 Å². The van der Waals surface area contributed by atoms with Crippen molar-refractivity contribution in [2.45, 2.75) is 45.8 Å². The predicted molar refractivity (Wildman–Crippen MR) is 78.5 cm³/mol. The van der Waals surface area contributed by atoms with E-state index < -0.39 is 12.0 Å². The fraction of sp³-hybridized carbons (Fsp3) is 0.467. The van der Waals surface area contributed by atoms with Gasteiger partial charge in [0, 0.05) is 12.6 Å². The molecule has 5 nitrogen and oxygen atoms in total. The normalized spacial score (nSPS) is 12.7. The SMILES string of the molecule is CCCC(NCc1nc2cc(F)ccc2n1CC)C(=O)O. The molecule has 0 saturated carbocycles. The first-order valence-corrected chi connectivity index (χ1v) is 7.17. The third-order valence-electron chi connectivity index (χ3n) is 3.49. The van der Waals surface area contributed by atoms with Gasteiger partial charge in [0.2, 0.25) is 0 Å². The van der Waals surface area contributed by atoms with E-state index in [1.165, 1.54) is 12.1 Å². The molecule has 0 aliphatic carbocycles. The standard InChI is InChI=1S/C15H20FN3O2/c1-3-5-11(15(20)21)17-9-14-18-12-8-10(16)6-7-13(12)19(14)4-2/h6-8,11,17H,3-5,9H2,1-2H3,(H,20,21). The van der Waals surface area contributed by atoms with Crippen molar-refractivity contribution in [1.29, 1.82) is 0 Å². The summed E-state index contributed by atoms with van der Waals surface area (Å²) in [5, 5.41) is 12.2. The smallest absolute Gasteiger partial charge is 0.320 e. The summed E-state index contributed by atoms with van der Waals surface area (Å²) in [6.07, 6.45) is 1.36. The lowest BCUT2D eigenvalue weighted by Crippen LogP contribution is -2.36. The van der Waals surface area contributed by atoms with Crippen LogP contribution in [0, 0.1) is 5.82 Å². The number of fused-ring (bicyclic) bond motifs is 1. The van der Waals surface area contributed by atoms with Gasteiger partial charge in [-0.05, 0) is 25.5 Å². The van der Waals surface area contributed by atoms with Gasteiger partial charge in [0.1, 0.15) is 17.7 Å². The number of imidazole rings is 1. The van der Waals surface area contributed by atoms with Crippen LogP contribution < -0.4 is 5.32 Å². The highest BCUT2D eigenvalue weighted by Crippen LogP contribution is 2.17. The number of hydrogen-bond acceptors (Lipinski definition) is 3. The van der Waals surface area contributed by atoms with Crippen LogP contribution in [0.15, 0.2) is 18.2 Å². The zero-order chi connectivity index (χ0) is 15.4. The Bertz CT molecular complexity index is 639. The Kier molecular flexibility index (Phi) is 4.90. The van der Waals surface area contributed by atoms with Crippen LogP contribution in [0.25, 0.3) is 11.0 Å². The summed E-state index contributed by atoms with van der Waals surface area (Å²) in [6.45, 7) is 4.97. The van der Waals surface area contributed by atoms with Gasteiger partial charge in [-0.1, -0.05) is 13.3 Å². The van der Waals surface area contributed by atoms with Crippen LogP contribution in [-0.4, -0.2) is 26.7 Å². The summed E-state index contributed by atoms with van der Waals surface area (Å²) in [4.78, 5) is 15.5. The minimum absolute atomic E-state index is 0.322. The predicted octanol–water partition coefficient (Wildman–Crippen LogP) is 2.54. The molecule has 0 amide bonds. The van der Waals surface area contributed by atoms with Crippen LogP contribution in [0.5, 0.6) is 0 Å². The van der Waals surface area contributed by atoms with Crippen molar-refractivity contribution < 1.29 is 14.3 Å². The quantitative estimate of drug-likeness (QED) is 0.823. The monoisotopic (exact) mass is 293 g/mol. The molecule has 1 unspecified atom stereocenters. The zero-order valence-electron chi connectivity index (χ0n) is 12.3. The molecule has 2 rings (SSSR count). The van der Waals surface area contributed by atoms with E-state index in [-0.39, 0.29) is 5.82 Å². The summed E-state index contributed by atoms with van der Waals surface area (Å²) in [5.74, 6) is -0.459. The van der Waals surface area contributed by atoms with Crippen molar-refractivity contribution in [2.75, 3.05) is 0 Å². The van der Waals surface area contributed by atoms with Gasteiger partial charge in [0.05, 0.1) is 17.6 Å². The Morgan fingerprint density at radius 2 is 2.24 bits per heavy atom. The molecule has 1 aromatic carbocycles. The van der Waals surface area contributed by atoms with Crippen molar-refractivity contribution in [3.8, 4) is 0 Å². The first kappa shape index (κ1) is 15.4. The number of carboxylic acids is 1. The minimum Gasteiger partial charge on any atom is -0.480 e. The van der Waals surface area contributed by atoms with Crippen molar-refractivity contribution in [2.24, 2.45) is 0 Å². The molecule has 2 aromatic rings. The number of nitrogens with one attached hydrogen (secondary N) is 1. The second-order valence-corrected chi connectivity index (χ2v) is 4.97. The van der Waals surface area contributed by atoms with Crippen molar-refractivity contribution in [1.82, 2.24) is 14.9 Å². The summed E-state index contributed by atoms with van der Waals surface area (Å²) in [5.41, 5.74) is 1.45. The maximum absolute atomic E-state index is 13.3. The molecule has 1 atom stereocenters. The Balaban J connectivity index is 2.23. The first-order valence-electron chi connectivity index (χ1n) is 7.17. The van der Waals surface area contributed by atoms with Crippen molar-refractivity contribution in [3.05, 3.63) is 29.8 Å². The third-order valence-corrected chi connectivity index (χ3v) is 3.49. The molecule has 6 heteroatoms. The van der Waals surface area contributed by atoms with Crippen LogP contribution >= 0.6 is 0 Å². The number of halogens is 1. The van der Waals surface area contributed by atoms with Crippen molar-refractivity contribution in [3.63, 3.8) is 0 Å². The van der Waals surface area contributed by atoms with E-state index in [0.29, 0.717) is 25.0 Å². The van der Waals surface area contributed by atoms with E-state index in [0.717, 1.165) is 17.8 Å². The van der Waals surface area contributed by atoms with Gasteiger partial charge in [-0.25, -0.2) is 9.37 Å². The van der Waals surface area contributed by atoms with E-state index in [9.17, 15) is 9.18 Å². The molecule has 0 aliphatic rings. The number of nitrogens with zero attached hydrogens (tertiary/aromatic N) is 2. The van der Waals surface area contributed by atoms with Gasteiger partial charge in [-0.15, -0.1) is 0 Å². The largest absolute Gasteiger partial charge is 0.480 e. The molecule has 0 saturated heterocycles. The molecule has 0 bridgehead atoms. The third kappa shape index (κ3) is 3.39. The summed E-state index contributed by atoms with van der Waals surface area (Å²) < 4.78 is 15.2. The molecule has 1 heterocycles. The van der Waals surface area contributed by atoms with Crippen LogP contribution in [0.3, 0.4) is 0 Å². The molecule has 0 spiro atoms. The Morgan fingerprint density at radius 3 is 2.86 bits per heavy atom. The summed E-state index contributed by atoms with van der Waals surface area (Å²) >= 11 is 0. The molecular formula is C15H20FN3O2. The van der Waals surface area contributed by atoms with Crippen LogP contribution in [-0.2, 0) is 17.9 Å². The molecule has 0 aliphatic heterocycles. The first-order chi connectivity index (χ1) is 10.1. The zero-order valence-corrected chi connectivity index (χ0v) is 12.3. The maximum Gasteiger partial charge on any atom is 0.320 e. The molecule has 114 valence electrons. The molecule has 0 radical (unpaired) electrons.